The molecule has 20 heavy (non-hydrogen) atoms. The van der Waals surface area contributed by atoms with Gasteiger partial charge in [0.25, 0.3) is 0 Å². The maximum Gasteiger partial charge on any atom is 0.191 e. The van der Waals surface area contributed by atoms with Crippen molar-refractivity contribution < 1.29 is 0 Å². The Kier molecular flexibility index (Phi) is 9.02. The van der Waals surface area contributed by atoms with Crippen LogP contribution in [-0.4, -0.2) is 37.1 Å². The molecule has 0 aromatic carbocycles. The predicted octanol–water partition coefficient (Wildman–Crippen LogP) is 2.24. The van der Waals surface area contributed by atoms with Gasteiger partial charge in [-0.15, -0.1) is 0 Å². The molecule has 0 atom stereocenters. The Morgan fingerprint density at radius 1 is 1.15 bits per heavy atom. The summed E-state index contributed by atoms with van der Waals surface area (Å²) in [5, 5.41) is 9.90. The van der Waals surface area contributed by atoms with E-state index in [1.165, 1.54) is 0 Å². The van der Waals surface area contributed by atoms with Crippen LogP contribution in [0.25, 0.3) is 0 Å². The zero-order valence-electron chi connectivity index (χ0n) is 12.7. The van der Waals surface area contributed by atoms with Crippen LogP contribution in [0.15, 0.2) is 29.4 Å². The van der Waals surface area contributed by atoms with Gasteiger partial charge in [0.2, 0.25) is 0 Å². The van der Waals surface area contributed by atoms with E-state index in [0.717, 1.165) is 57.2 Å². The van der Waals surface area contributed by atoms with E-state index >= 15 is 0 Å². The Morgan fingerprint density at radius 3 is 2.70 bits per heavy atom. The van der Waals surface area contributed by atoms with Crippen LogP contribution in [0, 0.1) is 0 Å². The number of anilines is 1. The molecule has 3 N–H and O–H groups in total. The van der Waals surface area contributed by atoms with Crippen molar-refractivity contribution >= 4 is 11.8 Å². The fourth-order valence-corrected chi connectivity index (χ4v) is 1.71. The number of nitrogens with one attached hydrogen (secondary N) is 3. The molecule has 1 aromatic rings. The standard InChI is InChI=1S/C15H27N5/c1-3-10-19-15(16-4-2)20-13-8-7-12-18-14-9-5-6-11-17-14/h5-6,9,11H,3-4,7-8,10,12-13H2,1-2H3,(H,17,18)(H2,16,19,20). The third kappa shape index (κ3) is 7.61. The van der Waals surface area contributed by atoms with E-state index in [2.05, 4.69) is 39.8 Å². The second-order valence-corrected chi connectivity index (χ2v) is 4.54. The lowest BCUT2D eigenvalue weighted by Gasteiger charge is -2.11. The van der Waals surface area contributed by atoms with Gasteiger partial charge in [-0.3, -0.25) is 4.99 Å². The highest BCUT2D eigenvalue weighted by molar-refractivity contribution is 5.79. The van der Waals surface area contributed by atoms with Gasteiger partial charge < -0.3 is 16.0 Å². The number of guanidine groups is 1. The molecule has 0 aliphatic rings. The summed E-state index contributed by atoms with van der Waals surface area (Å²) in [6.07, 6.45) is 5.09. The Hall–Kier alpha value is -1.78. The van der Waals surface area contributed by atoms with Crippen molar-refractivity contribution in [2.24, 2.45) is 4.99 Å². The first-order chi connectivity index (χ1) is 9.86. The molecule has 0 saturated heterocycles. The first-order valence-electron chi connectivity index (χ1n) is 7.54. The number of nitrogens with zero attached hydrogens (tertiary/aromatic N) is 2. The molecule has 5 heteroatoms. The fourth-order valence-electron chi connectivity index (χ4n) is 1.71. The average molecular weight is 277 g/mol. The van der Waals surface area contributed by atoms with Crippen molar-refractivity contribution in [3.05, 3.63) is 24.4 Å². The van der Waals surface area contributed by atoms with E-state index in [-0.39, 0.29) is 0 Å². The van der Waals surface area contributed by atoms with Crippen molar-refractivity contribution in [2.75, 3.05) is 31.5 Å². The number of hydrogen-bond acceptors (Lipinski definition) is 3. The van der Waals surface area contributed by atoms with E-state index in [1.54, 1.807) is 6.20 Å². The lowest BCUT2D eigenvalue weighted by Crippen LogP contribution is -2.38. The number of unbranched alkanes of at least 4 members (excludes halogenated alkanes) is 1. The van der Waals surface area contributed by atoms with E-state index in [0.29, 0.717) is 0 Å². The SMILES string of the molecule is CCCN=C(NCC)NCCCCNc1ccccn1. The second kappa shape index (κ2) is 11.1. The summed E-state index contributed by atoms with van der Waals surface area (Å²) in [4.78, 5) is 8.69. The molecule has 0 aliphatic carbocycles. The topological polar surface area (TPSA) is 61.3 Å². The maximum absolute atomic E-state index is 4.47. The number of aliphatic imine (C=N–C) groups is 1. The van der Waals surface area contributed by atoms with Crippen LogP contribution >= 0.6 is 0 Å². The summed E-state index contributed by atoms with van der Waals surface area (Å²) in [5.74, 6) is 1.87. The highest BCUT2D eigenvalue weighted by atomic mass is 15.2. The van der Waals surface area contributed by atoms with Gasteiger partial charge in [0.1, 0.15) is 5.82 Å². The van der Waals surface area contributed by atoms with Crippen molar-refractivity contribution in [2.45, 2.75) is 33.1 Å². The summed E-state index contributed by atoms with van der Waals surface area (Å²) < 4.78 is 0. The summed E-state index contributed by atoms with van der Waals surface area (Å²) in [6, 6.07) is 5.90. The molecule has 1 heterocycles. The molecule has 0 amide bonds. The van der Waals surface area contributed by atoms with Crippen LogP contribution in [0.5, 0.6) is 0 Å². The Morgan fingerprint density at radius 2 is 2.00 bits per heavy atom. The highest BCUT2D eigenvalue weighted by Gasteiger charge is 1.96. The Balaban J connectivity index is 2.08. The van der Waals surface area contributed by atoms with Crippen LogP contribution in [0.1, 0.15) is 33.1 Å². The minimum atomic E-state index is 0.872. The molecule has 0 aliphatic heterocycles. The smallest absolute Gasteiger partial charge is 0.191 e. The van der Waals surface area contributed by atoms with Crippen LogP contribution in [-0.2, 0) is 0 Å². The summed E-state index contributed by atoms with van der Waals surface area (Å²) in [6.45, 7) is 7.88. The molecule has 1 rings (SSSR count). The van der Waals surface area contributed by atoms with Crippen molar-refractivity contribution in [1.29, 1.82) is 0 Å². The van der Waals surface area contributed by atoms with Crippen LogP contribution in [0.2, 0.25) is 0 Å². The van der Waals surface area contributed by atoms with Gasteiger partial charge in [0.05, 0.1) is 0 Å². The van der Waals surface area contributed by atoms with Gasteiger partial charge in [-0.25, -0.2) is 4.98 Å². The third-order valence-corrected chi connectivity index (χ3v) is 2.70. The van der Waals surface area contributed by atoms with Gasteiger partial charge in [-0.05, 0) is 38.3 Å². The zero-order chi connectivity index (χ0) is 14.5. The highest BCUT2D eigenvalue weighted by Crippen LogP contribution is 1.99. The quantitative estimate of drug-likeness (QED) is 0.368. The molecule has 0 unspecified atom stereocenters. The molecular weight excluding hydrogens is 250 g/mol. The molecule has 1 aromatic heterocycles. The summed E-state index contributed by atoms with van der Waals surface area (Å²) >= 11 is 0. The molecular formula is C15H27N5. The van der Waals surface area contributed by atoms with Gasteiger partial charge in [-0.2, -0.15) is 0 Å². The third-order valence-electron chi connectivity index (χ3n) is 2.70. The fraction of sp³-hybridized carbons (Fsp3) is 0.600. The molecule has 0 saturated carbocycles. The molecule has 5 nitrogen and oxygen atoms in total. The number of rotatable bonds is 9. The lowest BCUT2D eigenvalue weighted by atomic mass is 10.3. The number of hydrogen-bond donors (Lipinski definition) is 3. The first-order valence-corrected chi connectivity index (χ1v) is 7.54. The van der Waals surface area contributed by atoms with Crippen molar-refractivity contribution in [3.63, 3.8) is 0 Å². The second-order valence-electron chi connectivity index (χ2n) is 4.54. The molecule has 0 fully saturated rings. The molecule has 0 spiro atoms. The van der Waals surface area contributed by atoms with E-state index < -0.39 is 0 Å². The minimum Gasteiger partial charge on any atom is -0.370 e. The largest absolute Gasteiger partial charge is 0.370 e. The predicted molar refractivity (Wildman–Crippen MR) is 86.2 cm³/mol. The van der Waals surface area contributed by atoms with E-state index in [9.17, 15) is 0 Å². The minimum absolute atomic E-state index is 0.872. The van der Waals surface area contributed by atoms with Crippen LogP contribution in [0.4, 0.5) is 5.82 Å². The number of pyridine rings is 1. The molecule has 112 valence electrons. The normalized spacial score (nSPS) is 11.2. The lowest BCUT2D eigenvalue weighted by molar-refractivity contribution is 0.711. The molecule has 0 radical (unpaired) electrons. The monoisotopic (exact) mass is 277 g/mol. The maximum atomic E-state index is 4.47. The molecule has 0 bridgehead atoms. The van der Waals surface area contributed by atoms with E-state index in [1.807, 2.05) is 18.2 Å². The van der Waals surface area contributed by atoms with Crippen LogP contribution in [0.3, 0.4) is 0 Å². The Bertz CT molecular complexity index is 364. The van der Waals surface area contributed by atoms with Crippen molar-refractivity contribution in [3.8, 4) is 0 Å². The Labute approximate surface area is 122 Å². The van der Waals surface area contributed by atoms with Gasteiger partial charge in [0.15, 0.2) is 5.96 Å². The summed E-state index contributed by atoms with van der Waals surface area (Å²) in [7, 11) is 0. The van der Waals surface area contributed by atoms with Gasteiger partial charge >= 0.3 is 0 Å². The average Bonchev–Trinajstić information content (AvgIpc) is 2.49. The zero-order valence-corrected chi connectivity index (χ0v) is 12.7. The van der Waals surface area contributed by atoms with Gasteiger partial charge in [-0.1, -0.05) is 13.0 Å². The number of aromatic nitrogens is 1. The van der Waals surface area contributed by atoms with Crippen LogP contribution < -0.4 is 16.0 Å². The van der Waals surface area contributed by atoms with E-state index in [4.69, 9.17) is 0 Å². The first kappa shape index (κ1) is 16.3. The summed E-state index contributed by atoms with van der Waals surface area (Å²) in [5.41, 5.74) is 0. The van der Waals surface area contributed by atoms with Gasteiger partial charge in [0, 0.05) is 32.4 Å². The van der Waals surface area contributed by atoms with Crippen molar-refractivity contribution in [1.82, 2.24) is 15.6 Å².